The van der Waals surface area contributed by atoms with Gasteiger partial charge in [0.15, 0.2) is 5.78 Å². The van der Waals surface area contributed by atoms with Crippen LogP contribution in [0.2, 0.25) is 5.15 Å². The Balaban J connectivity index is 2.95. The summed E-state index contributed by atoms with van der Waals surface area (Å²) in [5.41, 5.74) is 1.56. The Labute approximate surface area is 101 Å². The maximum Gasteiger partial charge on any atom is 0.163 e. The van der Waals surface area contributed by atoms with Crippen molar-refractivity contribution in [3.8, 4) is 0 Å². The van der Waals surface area contributed by atoms with Crippen LogP contribution in [0.3, 0.4) is 0 Å². The summed E-state index contributed by atoms with van der Waals surface area (Å²) >= 11 is 9.50. The van der Waals surface area contributed by atoms with E-state index in [1.165, 1.54) is 6.92 Å². The minimum Gasteiger partial charge on any atom is -0.334 e. The molecule has 0 unspecified atom stereocenters. The smallest absolute Gasteiger partial charge is 0.163 e. The average molecular weight is 287 g/mol. The predicted molar refractivity (Wildman–Crippen MR) is 65.6 cm³/mol. The number of aryl methyl sites for hydroxylation is 1. The van der Waals surface area contributed by atoms with Gasteiger partial charge in [0.05, 0.1) is 5.56 Å². The summed E-state index contributed by atoms with van der Waals surface area (Å²) in [7, 11) is 1.85. The van der Waals surface area contributed by atoms with E-state index in [0.717, 1.165) is 15.4 Å². The fourth-order valence-electron chi connectivity index (χ4n) is 1.72. The molecule has 0 aliphatic carbocycles. The lowest BCUT2D eigenvalue weighted by Crippen LogP contribution is -1.92. The summed E-state index contributed by atoms with van der Waals surface area (Å²) in [6.07, 6.45) is 0. The highest BCUT2D eigenvalue weighted by Crippen LogP contribution is 2.31. The van der Waals surface area contributed by atoms with Crippen LogP contribution in [-0.4, -0.2) is 10.4 Å². The quantitative estimate of drug-likeness (QED) is 0.731. The van der Waals surface area contributed by atoms with E-state index < -0.39 is 0 Å². The summed E-state index contributed by atoms with van der Waals surface area (Å²) in [4.78, 5) is 11.5. The molecule has 1 aromatic heterocycles. The number of carbonyl (C=O) groups excluding carboxylic acids is 1. The van der Waals surface area contributed by atoms with E-state index in [-0.39, 0.29) is 5.78 Å². The van der Waals surface area contributed by atoms with Gasteiger partial charge in [0.1, 0.15) is 5.15 Å². The van der Waals surface area contributed by atoms with Crippen molar-refractivity contribution in [3.05, 3.63) is 33.4 Å². The van der Waals surface area contributed by atoms with Gasteiger partial charge in [-0.25, -0.2) is 0 Å². The molecule has 0 spiro atoms. The van der Waals surface area contributed by atoms with E-state index in [1.54, 1.807) is 0 Å². The highest BCUT2D eigenvalue weighted by molar-refractivity contribution is 9.10. The average Bonchev–Trinajstić information content (AvgIpc) is 2.39. The van der Waals surface area contributed by atoms with Crippen LogP contribution in [0.1, 0.15) is 17.3 Å². The van der Waals surface area contributed by atoms with Crippen LogP contribution in [0.4, 0.5) is 0 Å². The number of hydrogen-bond donors (Lipinski definition) is 0. The normalized spacial score (nSPS) is 10.9. The van der Waals surface area contributed by atoms with Crippen LogP contribution in [0.25, 0.3) is 10.9 Å². The molecule has 2 nitrogen and oxygen atoms in total. The molecule has 1 heterocycles. The van der Waals surface area contributed by atoms with Crippen molar-refractivity contribution in [2.75, 3.05) is 0 Å². The van der Waals surface area contributed by atoms with Crippen molar-refractivity contribution in [2.45, 2.75) is 6.92 Å². The monoisotopic (exact) mass is 285 g/mol. The largest absolute Gasteiger partial charge is 0.334 e. The lowest BCUT2D eigenvalue weighted by molar-refractivity contribution is 0.101. The molecular weight excluding hydrogens is 277 g/mol. The molecule has 0 fully saturated rings. The maximum atomic E-state index is 11.5. The Kier molecular flexibility index (Phi) is 2.61. The van der Waals surface area contributed by atoms with Crippen molar-refractivity contribution < 1.29 is 4.79 Å². The molecular formula is C11H9BrClNO. The van der Waals surface area contributed by atoms with Crippen LogP contribution in [0.5, 0.6) is 0 Å². The van der Waals surface area contributed by atoms with Gasteiger partial charge in [0.25, 0.3) is 0 Å². The molecule has 2 aromatic rings. The SMILES string of the molecule is CC(=O)c1c(Cl)n(C)c2ccc(Br)cc12. The number of Topliss-reactive ketones (excluding diaryl/α,β-unsaturated/α-hetero) is 1. The van der Waals surface area contributed by atoms with Gasteiger partial charge in [-0.15, -0.1) is 0 Å². The molecule has 0 atom stereocenters. The second kappa shape index (κ2) is 3.65. The van der Waals surface area contributed by atoms with E-state index in [2.05, 4.69) is 15.9 Å². The van der Waals surface area contributed by atoms with E-state index >= 15 is 0 Å². The molecule has 78 valence electrons. The summed E-state index contributed by atoms with van der Waals surface area (Å²) < 4.78 is 2.76. The number of aromatic nitrogens is 1. The summed E-state index contributed by atoms with van der Waals surface area (Å²) in [5.74, 6) is -0.0105. The molecule has 0 saturated carbocycles. The topological polar surface area (TPSA) is 22.0 Å². The van der Waals surface area contributed by atoms with Crippen molar-refractivity contribution in [1.29, 1.82) is 0 Å². The van der Waals surface area contributed by atoms with Gasteiger partial charge in [-0.3, -0.25) is 4.79 Å². The Morgan fingerprint density at radius 2 is 2.13 bits per heavy atom. The Morgan fingerprint density at radius 3 is 2.73 bits per heavy atom. The van der Waals surface area contributed by atoms with E-state index in [1.807, 2.05) is 29.8 Å². The number of nitrogens with zero attached hydrogens (tertiary/aromatic N) is 1. The van der Waals surface area contributed by atoms with Crippen molar-refractivity contribution in [3.63, 3.8) is 0 Å². The molecule has 15 heavy (non-hydrogen) atoms. The van der Waals surface area contributed by atoms with Gasteiger partial charge in [0.2, 0.25) is 0 Å². The third kappa shape index (κ3) is 1.60. The van der Waals surface area contributed by atoms with Gasteiger partial charge < -0.3 is 4.57 Å². The van der Waals surface area contributed by atoms with Crippen molar-refractivity contribution in [1.82, 2.24) is 4.57 Å². The zero-order valence-electron chi connectivity index (χ0n) is 8.34. The number of halogens is 2. The van der Waals surface area contributed by atoms with Crippen LogP contribution >= 0.6 is 27.5 Å². The first-order valence-corrected chi connectivity index (χ1v) is 5.64. The maximum absolute atomic E-state index is 11.5. The van der Waals surface area contributed by atoms with Crippen molar-refractivity contribution in [2.24, 2.45) is 7.05 Å². The highest BCUT2D eigenvalue weighted by Gasteiger charge is 2.16. The standard InChI is InChI=1S/C11H9BrClNO/c1-6(15)10-8-5-7(12)3-4-9(8)14(2)11(10)13/h3-5H,1-2H3. The molecule has 0 aliphatic heterocycles. The summed E-state index contributed by atoms with van der Waals surface area (Å²) in [6.45, 7) is 1.53. The molecule has 0 radical (unpaired) electrons. The zero-order valence-corrected chi connectivity index (χ0v) is 10.7. The van der Waals surface area contributed by atoms with Gasteiger partial charge in [0, 0.05) is 22.4 Å². The Bertz CT molecular complexity index is 559. The first kappa shape index (κ1) is 10.7. The number of hydrogen-bond acceptors (Lipinski definition) is 1. The molecule has 0 N–H and O–H groups in total. The van der Waals surface area contributed by atoms with E-state index in [9.17, 15) is 4.79 Å². The van der Waals surface area contributed by atoms with E-state index in [4.69, 9.17) is 11.6 Å². The summed E-state index contributed by atoms with van der Waals surface area (Å²) in [6, 6.07) is 5.79. The zero-order chi connectivity index (χ0) is 11.2. The molecule has 4 heteroatoms. The lowest BCUT2D eigenvalue weighted by Gasteiger charge is -1.96. The van der Waals surface area contributed by atoms with Crippen LogP contribution in [0.15, 0.2) is 22.7 Å². The van der Waals surface area contributed by atoms with Gasteiger partial charge in [-0.1, -0.05) is 27.5 Å². The molecule has 2 rings (SSSR count). The van der Waals surface area contributed by atoms with Crippen LogP contribution in [0, 0.1) is 0 Å². The minimum atomic E-state index is -0.0105. The van der Waals surface area contributed by atoms with E-state index in [0.29, 0.717) is 10.7 Å². The van der Waals surface area contributed by atoms with Crippen LogP contribution < -0.4 is 0 Å². The van der Waals surface area contributed by atoms with Gasteiger partial charge in [-0.2, -0.15) is 0 Å². The Hall–Kier alpha value is -0.800. The Morgan fingerprint density at radius 1 is 1.47 bits per heavy atom. The molecule has 0 saturated heterocycles. The first-order valence-electron chi connectivity index (χ1n) is 4.46. The molecule has 0 bridgehead atoms. The number of fused-ring (bicyclic) bond motifs is 1. The molecule has 1 aromatic carbocycles. The molecule has 0 amide bonds. The lowest BCUT2D eigenvalue weighted by atomic mass is 10.1. The first-order chi connectivity index (χ1) is 7.02. The second-order valence-corrected chi connectivity index (χ2v) is 4.72. The van der Waals surface area contributed by atoms with Crippen LogP contribution in [-0.2, 0) is 7.05 Å². The third-order valence-electron chi connectivity index (χ3n) is 2.44. The predicted octanol–water partition coefficient (Wildman–Crippen LogP) is 3.80. The van der Waals surface area contributed by atoms with Gasteiger partial charge in [-0.05, 0) is 25.1 Å². The third-order valence-corrected chi connectivity index (χ3v) is 3.38. The second-order valence-electron chi connectivity index (χ2n) is 3.44. The number of benzene rings is 1. The van der Waals surface area contributed by atoms with Gasteiger partial charge >= 0.3 is 0 Å². The fourth-order valence-corrected chi connectivity index (χ4v) is 2.41. The van der Waals surface area contributed by atoms with Crippen molar-refractivity contribution >= 4 is 44.2 Å². The number of carbonyl (C=O) groups is 1. The fraction of sp³-hybridized carbons (Fsp3) is 0.182. The summed E-state index contributed by atoms with van der Waals surface area (Å²) in [5, 5.41) is 1.39. The molecule has 0 aliphatic rings. The number of ketones is 1. The highest BCUT2D eigenvalue weighted by atomic mass is 79.9. The minimum absolute atomic E-state index is 0.0105. The number of rotatable bonds is 1.